The number of aromatic nitrogens is 2. The lowest BCUT2D eigenvalue weighted by molar-refractivity contribution is 0.0702. The first-order valence-electron chi connectivity index (χ1n) is 5.20. The predicted molar refractivity (Wildman–Crippen MR) is 67.6 cm³/mol. The van der Waals surface area contributed by atoms with Crippen molar-refractivity contribution in [1.82, 2.24) is 10.2 Å². The van der Waals surface area contributed by atoms with E-state index < -0.39 is 5.97 Å². The minimum atomic E-state index is -1.01. The van der Waals surface area contributed by atoms with E-state index in [1.165, 1.54) is 24.7 Å². The van der Waals surface area contributed by atoms with Crippen LogP contribution in [0.2, 0.25) is 0 Å². The lowest BCUT2D eigenvalue weighted by atomic mass is 10.3. The molecule has 0 atom stereocenters. The number of rotatable bonds is 3. The Morgan fingerprint density at radius 3 is 3.00 bits per heavy atom. The summed E-state index contributed by atoms with van der Waals surface area (Å²) in [5.74, 6) is -1.08. The molecule has 7 nitrogen and oxygen atoms in total. The van der Waals surface area contributed by atoms with E-state index in [4.69, 9.17) is 9.52 Å². The highest BCUT2D eigenvalue weighted by molar-refractivity contribution is 7.21. The van der Waals surface area contributed by atoms with Crippen molar-refractivity contribution in [3.05, 3.63) is 35.1 Å². The summed E-state index contributed by atoms with van der Waals surface area (Å²) < 4.78 is 5.41. The molecule has 3 aromatic rings. The lowest BCUT2D eigenvalue weighted by Gasteiger charge is -1.97. The fourth-order valence-electron chi connectivity index (χ4n) is 1.58. The monoisotopic (exact) mass is 277 g/mol. The Kier molecular flexibility index (Phi) is 2.57. The number of anilines is 1. The molecule has 0 aliphatic heterocycles. The number of carbonyl (C=O) groups excluding carboxylic acids is 1. The molecular weight excluding hydrogens is 270 g/mol. The molecule has 0 aliphatic carbocycles. The summed E-state index contributed by atoms with van der Waals surface area (Å²) in [5, 5.41) is 18.1. The summed E-state index contributed by atoms with van der Waals surface area (Å²) in [6.07, 6.45) is 2.71. The van der Waals surface area contributed by atoms with Crippen molar-refractivity contribution in [2.75, 3.05) is 5.32 Å². The molecular formula is C11H7N3O4S. The Bertz CT molecular complexity index is 756. The maximum absolute atomic E-state index is 11.8. The number of fused-ring (bicyclic) bond motifs is 1. The normalized spacial score (nSPS) is 10.7. The van der Waals surface area contributed by atoms with Gasteiger partial charge in [-0.1, -0.05) is 0 Å². The quantitative estimate of drug-likeness (QED) is 0.679. The van der Waals surface area contributed by atoms with Crippen LogP contribution in [0.1, 0.15) is 20.0 Å². The number of hydrogen-bond donors (Lipinski definition) is 3. The molecule has 0 unspecified atom stereocenters. The minimum absolute atomic E-state index is 0.183. The number of carboxylic acids is 1. The highest BCUT2D eigenvalue weighted by Gasteiger charge is 2.16. The number of H-pyrrole nitrogens is 1. The number of nitrogens with one attached hydrogen (secondary N) is 2. The summed E-state index contributed by atoms with van der Waals surface area (Å²) in [7, 11) is 0. The third-order valence-electron chi connectivity index (χ3n) is 2.46. The van der Waals surface area contributed by atoms with Gasteiger partial charge in [0.15, 0.2) is 5.82 Å². The summed E-state index contributed by atoms with van der Waals surface area (Å²) in [6.45, 7) is 0. The molecule has 0 aromatic carbocycles. The molecule has 0 aliphatic rings. The molecule has 0 saturated heterocycles. The standard InChI is InChI=1S/C11H7N3O4S/c15-10(5-1-2-18-4-5)12-9-8-6(13-14-9)3-7(19-8)11(16)17/h1-4H,(H,16,17)(H2,12,13,14,15). The number of thiophene rings is 1. The van der Waals surface area contributed by atoms with Crippen molar-refractivity contribution >= 4 is 39.2 Å². The third-order valence-corrected chi connectivity index (χ3v) is 3.59. The second-order valence-electron chi connectivity index (χ2n) is 3.70. The average molecular weight is 277 g/mol. The summed E-state index contributed by atoms with van der Waals surface area (Å²) in [4.78, 5) is 22.9. The fraction of sp³-hybridized carbons (Fsp3) is 0. The number of aromatic amines is 1. The minimum Gasteiger partial charge on any atom is -0.477 e. The molecule has 3 N–H and O–H groups in total. The highest BCUT2D eigenvalue weighted by Crippen LogP contribution is 2.30. The number of furan rings is 1. The van der Waals surface area contributed by atoms with Gasteiger partial charge in [-0.25, -0.2) is 4.79 Å². The summed E-state index contributed by atoms with van der Waals surface area (Å²) in [5.41, 5.74) is 0.941. The van der Waals surface area contributed by atoms with E-state index in [1.54, 1.807) is 0 Å². The summed E-state index contributed by atoms with van der Waals surface area (Å²) in [6, 6.07) is 3.00. The first kappa shape index (κ1) is 11.5. The predicted octanol–water partition coefficient (Wildman–Crippen LogP) is 2.17. The zero-order valence-corrected chi connectivity index (χ0v) is 10.2. The van der Waals surface area contributed by atoms with Gasteiger partial charge in [0, 0.05) is 0 Å². The van der Waals surface area contributed by atoms with Gasteiger partial charge in [-0.3, -0.25) is 9.89 Å². The average Bonchev–Trinajstić information content (AvgIpc) is 3.05. The topological polar surface area (TPSA) is 108 Å². The van der Waals surface area contributed by atoms with E-state index in [-0.39, 0.29) is 10.8 Å². The fourth-order valence-corrected chi connectivity index (χ4v) is 2.47. The van der Waals surface area contributed by atoms with Gasteiger partial charge in [-0.2, -0.15) is 5.10 Å². The van der Waals surface area contributed by atoms with Crippen LogP contribution >= 0.6 is 11.3 Å². The van der Waals surface area contributed by atoms with Crippen LogP contribution in [0.3, 0.4) is 0 Å². The molecule has 0 radical (unpaired) electrons. The third kappa shape index (κ3) is 1.97. The molecule has 3 aromatic heterocycles. The van der Waals surface area contributed by atoms with Gasteiger partial charge in [-0.15, -0.1) is 11.3 Å². The van der Waals surface area contributed by atoms with Crippen molar-refractivity contribution in [3.63, 3.8) is 0 Å². The smallest absolute Gasteiger partial charge is 0.345 e. The van der Waals surface area contributed by atoms with Gasteiger partial charge in [0.2, 0.25) is 0 Å². The maximum atomic E-state index is 11.8. The second kappa shape index (κ2) is 4.25. The summed E-state index contributed by atoms with van der Waals surface area (Å²) >= 11 is 1.05. The van der Waals surface area contributed by atoms with Crippen LogP contribution in [0, 0.1) is 0 Å². The first-order valence-corrected chi connectivity index (χ1v) is 6.01. The van der Waals surface area contributed by atoms with Gasteiger partial charge >= 0.3 is 5.97 Å². The van der Waals surface area contributed by atoms with Gasteiger partial charge in [-0.05, 0) is 12.1 Å². The Labute approximate surface area is 109 Å². The highest BCUT2D eigenvalue weighted by atomic mass is 32.1. The van der Waals surface area contributed by atoms with Crippen molar-refractivity contribution in [2.24, 2.45) is 0 Å². The number of aromatic carboxylic acids is 1. The number of carboxylic acid groups (broad SMARTS) is 1. The van der Waals surface area contributed by atoms with Crippen molar-refractivity contribution < 1.29 is 19.1 Å². The van der Waals surface area contributed by atoms with Gasteiger partial charge in [0.1, 0.15) is 11.1 Å². The number of nitrogens with zero attached hydrogens (tertiary/aromatic N) is 1. The van der Waals surface area contributed by atoms with E-state index in [2.05, 4.69) is 15.5 Å². The van der Waals surface area contributed by atoms with Gasteiger partial charge < -0.3 is 14.8 Å². The molecule has 1 amide bonds. The Morgan fingerprint density at radius 1 is 1.47 bits per heavy atom. The SMILES string of the molecule is O=C(Nc1n[nH]c2cc(C(=O)O)sc12)c1ccoc1. The number of amides is 1. The zero-order valence-electron chi connectivity index (χ0n) is 9.34. The van der Waals surface area contributed by atoms with Gasteiger partial charge in [0.25, 0.3) is 5.91 Å². The van der Waals surface area contributed by atoms with E-state index in [1.807, 2.05) is 0 Å². The zero-order chi connectivity index (χ0) is 13.4. The van der Waals surface area contributed by atoms with Crippen molar-refractivity contribution in [1.29, 1.82) is 0 Å². The van der Waals surface area contributed by atoms with Crippen molar-refractivity contribution in [3.8, 4) is 0 Å². The lowest BCUT2D eigenvalue weighted by Crippen LogP contribution is -2.11. The number of carbonyl (C=O) groups is 2. The first-order chi connectivity index (χ1) is 9.15. The van der Waals surface area contributed by atoms with Crippen molar-refractivity contribution in [2.45, 2.75) is 0 Å². The molecule has 19 heavy (non-hydrogen) atoms. The van der Waals surface area contributed by atoms with Crippen LogP contribution in [0.15, 0.2) is 29.1 Å². The largest absolute Gasteiger partial charge is 0.477 e. The van der Waals surface area contributed by atoms with Crippen LogP contribution in [0.5, 0.6) is 0 Å². The van der Waals surface area contributed by atoms with Crippen LogP contribution < -0.4 is 5.32 Å². The Morgan fingerprint density at radius 2 is 2.32 bits per heavy atom. The maximum Gasteiger partial charge on any atom is 0.345 e. The van der Waals surface area contributed by atoms with Gasteiger partial charge in [0.05, 0.1) is 22.0 Å². The van der Waals surface area contributed by atoms with E-state index in [0.29, 0.717) is 21.6 Å². The molecule has 0 saturated carbocycles. The van der Waals surface area contributed by atoms with Crippen LogP contribution in [0.25, 0.3) is 10.2 Å². The van der Waals surface area contributed by atoms with Crippen LogP contribution in [-0.2, 0) is 0 Å². The second-order valence-corrected chi connectivity index (χ2v) is 4.75. The van der Waals surface area contributed by atoms with Crippen LogP contribution in [0.4, 0.5) is 5.82 Å². The molecule has 0 bridgehead atoms. The molecule has 96 valence electrons. The van der Waals surface area contributed by atoms with Crippen LogP contribution in [-0.4, -0.2) is 27.2 Å². The molecule has 8 heteroatoms. The van der Waals surface area contributed by atoms with E-state index in [0.717, 1.165) is 11.3 Å². The molecule has 3 heterocycles. The molecule has 0 fully saturated rings. The molecule has 3 rings (SSSR count). The number of hydrogen-bond acceptors (Lipinski definition) is 5. The van der Waals surface area contributed by atoms with E-state index in [9.17, 15) is 9.59 Å². The van der Waals surface area contributed by atoms with E-state index >= 15 is 0 Å². The molecule has 0 spiro atoms. The Hall–Kier alpha value is -2.61. The Balaban J connectivity index is 1.93.